The van der Waals surface area contributed by atoms with E-state index in [2.05, 4.69) is 15.5 Å². The number of hydrogen-bond donors (Lipinski definition) is 2. The van der Waals surface area contributed by atoms with Crippen LogP contribution in [0.5, 0.6) is 0 Å². The molecule has 7 heteroatoms. The lowest BCUT2D eigenvalue weighted by atomic mass is 10.1. The van der Waals surface area contributed by atoms with E-state index in [1.165, 1.54) is 4.90 Å². The SMILES string of the molecule is CN(CC(=O)Nc1ccccc1Cl)C(=O)c1cc(-c2ccccc2)n[nH]1. The smallest absolute Gasteiger partial charge is 0.272 e. The van der Waals surface area contributed by atoms with E-state index in [1.807, 2.05) is 30.3 Å². The Morgan fingerprint density at radius 1 is 1.12 bits per heavy atom. The number of benzene rings is 2. The first-order chi connectivity index (χ1) is 12.5. The maximum Gasteiger partial charge on any atom is 0.272 e. The molecule has 1 aromatic heterocycles. The molecule has 0 fully saturated rings. The molecule has 0 aliphatic rings. The van der Waals surface area contributed by atoms with E-state index >= 15 is 0 Å². The van der Waals surface area contributed by atoms with Crippen molar-refractivity contribution in [3.8, 4) is 11.3 Å². The van der Waals surface area contributed by atoms with Crippen LogP contribution < -0.4 is 5.32 Å². The van der Waals surface area contributed by atoms with Crippen molar-refractivity contribution in [1.29, 1.82) is 0 Å². The van der Waals surface area contributed by atoms with E-state index in [0.29, 0.717) is 22.1 Å². The van der Waals surface area contributed by atoms with Crippen molar-refractivity contribution in [1.82, 2.24) is 15.1 Å². The molecule has 2 aromatic carbocycles. The van der Waals surface area contributed by atoms with Crippen molar-refractivity contribution in [3.05, 3.63) is 71.4 Å². The molecule has 0 radical (unpaired) electrons. The first kappa shape index (κ1) is 17.7. The fourth-order valence-corrected chi connectivity index (χ4v) is 2.62. The third-order valence-corrected chi connectivity index (χ3v) is 4.08. The molecular formula is C19H17ClN4O2. The van der Waals surface area contributed by atoms with Crippen LogP contribution in [-0.4, -0.2) is 40.5 Å². The van der Waals surface area contributed by atoms with Gasteiger partial charge in [-0.2, -0.15) is 5.10 Å². The molecule has 0 aliphatic carbocycles. The van der Waals surface area contributed by atoms with Crippen LogP contribution in [-0.2, 0) is 4.79 Å². The van der Waals surface area contributed by atoms with Gasteiger partial charge in [0, 0.05) is 12.6 Å². The number of carbonyl (C=O) groups excluding carboxylic acids is 2. The van der Waals surface area contributed by atoms with Gasteiger partial charge in [0.15, 0.2) is 0 Å². The second-order valence-corrected chi connectivity index (χ2v) is 6.13. The molecule has 0 spiro atoms. The second kappa shape index (κ2) is 7.84. The van der Waals surface area contributed by atoms with Crippen LogP contribution in [0.15, 0.2) is 60.7 Å². The van der Waals surface area contributed by atoms with Gasteiger partial charge in [-0.1, -0.05) is 54.1 Å². The Hall–Kier alpha value is -3.12. The summed E-state index contributed by atoms with van der Waals surface area (Å²) >= 11 is 6.02. The number of amides is 2. The quantitative estimate of drug-likeness (QED) is 0.724. The standard InChI is InChI=1S/C19H17ClN4O2/c1-24(12-18(25)21-15-10-6-5-9-14(15)20)19(26)17-11-16(22-23-17)13-7-3-2-4-8-13/h2-11H,12H2,1H3,(H,21,25)(H,22,23). The molecule has 3 rings (SSSR count). The summed E-state index contributed by atoms with van der Waals surface area (Å²) in [6.45, 7) is -0.107. The molecule has 2 N–H and O–H groups in total. The fraction of sp³-hybridized carbons (Fsp3) is 0.105. The molecule has 2 amide bonds. The van der Waals surface area contributed by atoms with E-state index in [1.54, 1.807) is 37.4 Å². The summed E-state index contributed by atoms with van der Waals surface area (Å²) in [5.41, 5.74) is 2.40. The van der Waals surface area contributed by atoms with Gasteiger partial charge in [-0.3, -0.25) is 14.7 Å². The molecule has 0 bridgehead atoms. The second-order valence-electron chi connectivity index (χ2n) is 5.72. The highest BCUT2D eigenvalue weighted by molar-refractivity contribution is 6.33. The van der Waals surface area contributed by atoms with Crippen LogP contribution in [0.1, 0.15) is 10.5 Å². The Balaban J connectivity index is 1.64. The summed E-state index contributed by atoms with van der Waals surface area (Å²) in [4.78, 5) is 26.0. The third-order valence-electron chi connectivity index (χ3n) is 3.75. The van der Waals surface area contributed by atoms with Crippen LogP contribution in [0.4, 0.5) is 5.69 Å². The molecule has 3 aromatic rings. The zero-order valence-electron chi connectivity index (χ0n) is 14.1. The number of halogens is 1. The van der Waals surface area contributed by atoms with Gasteiger partial charge >= 0.3 is 0 Å². The predicted octanol–water partition coefficient (Wildman–Crippen LogP) is 3.44. The average Bonchev–Trinajstić information content (AvgIpc) is 3.14. The largest absolute Gasteiger partial charge is 0.331 e. The summed E-state index contributed by atoms with van der Waals surface area (Å²) < 4.78 is 0. The van der Waals surface area contributed by atoms with Crippen LogP contribution in [0.2, 0.25) is 5.02 Å². The molecule has 0 saturated heterocycles. The average molecular weight is 369 g/mol. The van der Waals surface area contributed by atoms with Crippen LogP contribution in [0.3, 0.4) is 0 Å². The van der Waals surface area contributed by atoms with Crippen molar-refractivity contribution in [2.75, 3.05) is 18.9 Å². The topological polar surface area (TPSA) is 78.1 Å². The van der Waals surface area contributed by atoms with Gasteiger partial charge in [-0.15, -0.1) is 0 Å². The van der Waals surface area contributed by atoms with E-state index in [0.717, 1.165) is 5.56 Å². The van der Waals surface area contributed by atoms with Crippen molar-refractivity contribution >= 4 is 29.1 Å². The molecule has 0 aliphatic heterocycles. The Bertz CT molecular complexity index is 924. The van der Waals surface area contributed by atoms with Crippen LogP contribution in [0, 0.1) is 0 Å². The van der Waals surface area contributed by atoms with E-state index < -0.39 is 0 Å². The molecule has 0 saturated carbocycles. The Morgan fingerprint density at radius 3 is 2.54 bits per heavy atom. The van der Waals surface area contributed by atoms with Crippen molar-refractivity contribution in [2.45, 2.75) is 0 Å². The molecular weight excluding hydrogens is 352 g/mol. The first-order valence-corrected chi connectivity index (χ1v) is 8.33. The zero-order valence-corrected chi connectivity index (χ0v) is 14.8. The van der Waals surface area contributed by atoms with Gasteiger partial charge < -0.3 is 10.2 Å². The highest BCUT2D eigenvalue weighted by Crippen LogP contribution is 2.20. The third kappa shape index (κ3) is 4.10. The number of carbonyl (C=O) groups is 2. The summed E-state index contributed by atoms with van der Waals surface area (Å²) in [7, 11) is 1.55. The number of nitrogens with one attached hydrogen (secondary N) is 2. The van der Waals surface area contributed by atoms with Crippen LogP contribution in [0.25, 0.3) is 11.3 Å². The normalized spacial score (nSPS) is 10.4. The molecule has 132 valence electrons. The molecule has 0 unspecified atom stereocenters. The number of likely N-dealkylation sites (N-methyl/N-ethyl adjacent to an activating group) is 1. The highest BCUT2D eigenvalue weighted by Gasteiger charge is 2.18. The first-order valence-electron chi connectivity index (χ1n) is 7.95. The van der Waals surface area contributed by atoms with Crippen molar-refractivity contribution in [2.24, 2.45) is 0 Å². The lowest BCUT2D eigenvalue weighted by molar-refractivity contribution is -0.116. The Kier molecular flexibility index (Phi) is 5.34. The summed E-state index contributed by atoms with van der Waals surface area (Å²) in [5.74, 6) is -0.661. The number of nitrogens with zero attached hydrogens (tertiary/aromatic N) is 2. The number of aromatic nitrogens is 2. The van der Waals surface area contributed by atoms with Gasteiger partial charge in [-0.25, -0.2) is 0 Å². The van der Waals surface area contributed by atoms with Crippen LogP contribution >= 0.6 is 11.6 Å². The summed E-state index contributed by atoms with van der Waals surface area (Å²) in [6, 6.07) is 18.1. The number of aromatic amines is 1. The van der Waals surface area contributed by atoms with E-state index in [9.17, 15) is 9.59 Å². The van der Waals surface area contributed by atoms with Gasteiger partial charge in [-0.05, 0) is 18.2 Å². The number of H-pyrrole nitrogens is 1. The lowest BCUT2D eigenvalue weighted by Gasteiger charge is -2.16. The van der Waals surface area contributed by atoms with Crippen molar-refractivity contribution in [3.63, 3.8) is 0 Å². The van der Waals surface area contributed by atoms with Gasteiger partial charge in [0.1, 0.15) is 5.69 Å². The zero-order chi connectivity index (χ0) is 18.5. The number of hydrogen-bond acceptors (Lipinski definition) is 3. The predicted molar refractivity (Wildman–Crippen MR) is 101 cm³/mol. The minimum absolute atomic E-state index is 0.107. The Morgan fingerprint density at radius 2 is 1.81 bits per heavy atom. The maximum absolute atomic E-state index is 12.5. The molecule has 0 atom stereocenters. The molecule has 1 heterocycles. The summed E-state index contributed by atoms with van der Waals surface area (Å²) in [6.07, 6.45) is 0. The molecule has 6 nitrogen and oxygen atoms in total. The Labute approximate surface area is 155 Å². The summed E-state index contributed by atoms with van der Waals surface area (Å²) in [5, 5.41) is 10.0. The van der Waals surface area contributed by atoms with Gasteiger partial charge in [0.05, 0.1) is 22.9 Å². The lowest BCUT2D eigenvalue weighted by Crippen LogP contribution is -2.35. The van der Waals surface area contributed by atoms with Gasteiger partial charge in [0.25, 0.3) is 5.91 Å². The van der Waals surface area contributed by atoms with Crippen molar-refractivity contribution < 1.29 is 9.59 Å². The minimum Gasteiger partial charge on any atom is -0.331 e. The number of para-hydroxylation sites is 1. The van der Waals surface area contributed by atoms with E-state index in [-0.39, 0.29) is 18.4 Å². The number of rotatable bonds is 5. The monoisotopic (exact) mass is 368 g/mol. The highest BCUT2D eigenvalue weighted by atomic mass is 35.5. The molecule has 26 heavy (non-hydrogen) atoms. The maximum atomic E-state index is 12.5. The number of anilines is 1. The minimum atomic E-state index is -0.336. The van der Waals surface area contributed by atoms with Gasteiger partial charge in [0.2, 0.25) is 5.91 Å². The van der Waals surface area contributed by atoms with E-state index in [4.69, 9.17) is 11.6 Å². The fourth-order valence-electron chi connectivity index (χ4n) is 2.43.